The fourth-order valence-electron chi connectivity index (χ4n) is 1.91. The largest absolute Gasteiger partial charge is 0.461 e. The third-order valence-corrected chi connectivity index (χ3v) is 3.01. The molecule has 3 heteroatoms. The van der Waals surface area contributed by atoms with Gasteiger partial charge in [0.1, 0.15) is 6.54 Å². The maximum Gasteiger partial charge on any atom is 0.325 e. The monoisotopic (exact) mass is 263 g/mol. The first-order chi connectivity index (χ1) is 9.22. The second-order valence-electron chi connectivity index (χ2n) is 4.87. The van der Waals surface area contributed by atoms with Gasteiger partial charge in [0.15, 0.2) is 0 Å². The first-order valence-corrected chi connectivity index (χ1v) is 7.20. The van der Waals surface area contributed by atoms with E-state index >= 15 is 0 Å². The van der Waals surface area contributed by atoms with Gasteiger partial charge in [-0.1, -0.05) is 44.4 Å². The molecule has 0 spiro atoms. The molecule has 1 rings (SSSR count). The van der Waals surface area contributed by atoms with Crippen molar-refractivity contribution in [2.75, 3.05) is 11.9 Å². The molecule has 0 fully saturated rings. The van der Waals surface area contributed by atoms with Crippen molar-refractivity contribution in [2.45, 2.75) is 52.1 Å². The number of nitrogens with one attached hydrogen (secondary N) is 1. The van der Waals surface area contributed by atoms with E-state index in [1.807, 2.05) is 37.3 Å². The number of unbranched alkanes of at least 4 members (excludes halogenated alkanes) is 3. The molecule has 0 bridgehead atoms. The van der Waals surface area contributed by atoms with Crippen LogP contribution in [0, 0.1) is 0 Å². The van der Waals surface area contributed by atoms with E-state index in [4.69, 9.17) is 4.74 Å². The summed E-state index contributed by atoms with van der Waals surface area (Å²) in [5.41, 5.74) is 0.940. The van der Waals surface area contributed by atoms with E-state index in [1.54, 1.807) is 0 Å². The highest BCUT2D eigenvalue weighted by Gasteiger charge is 2.08. The molecule has 0 aromatic heterocycles. The van der Waals surface area contributed by atoms with Gasteiger partial charge in [0.05, 0.1) is 6.10 Å². The van der Waals surface area contributed by atoms with Crippen molar-refractivity contribution in [3.63, 3.8) is 0 Å². The summed E-state index contributed by atoms with van der Waals surface area (Å²) in [6, 6.07) is 9.68. The fourth-order valence-corrected chi connectivity index (χ4v) is 1.91. The fraction of sp³-hybridized carbons (Fsp3) is 0.562. The summed E-state index contributed by atoms with van der Waals surface area (Å²) in [7, 11) is 0. The molecule has 3 nitrogen and oxygen atoms in total. The van der Waals surface area contributed by atoms with Gasteiger partial charge in [0.2, 0.25) is 0 Å². The van der Waals surface area contributed by atoms with Gasteiger partial charge in [-0.2, -0.15) is 0 Å². The van der Waals surface area contributed by atoms with Crippen LogP contribution in [-0.2, 0) is 9.53 Å². The molecule has 0 radical (unpaired) electrons. The second-order valence-corrected chi connectivity index (χ2v) is 4.87. The molecule has 0 aliphatic heterocycles. The van der Waals surface area contributed by atoms with E-state index in [0.717, 1.165) is 18.5 Å². The molecule has 0 aliphatic carbocycles. The molecule has 0 heterocycles. The van der Waals surface area contributed by atoms with Crippen molar-refractivity contribution < 1.29 is 9.53 Å². The van der Waals surface area contributed by atoms with E-state index in [1.165, 1.54) is 19.3 Å². The molecule has 0 amide bonds. The number of ether oxygens (including phenoxy) is 1. The van der Waals surface area contributed by atoms with E-state index in [0.29, 0.717) is 0 Å². The van der Waals surface area contributed by atoms with Crippen molar-refractivity contribution in [1.29, 1.82) is 0 Å². The predicted molar refractivity (Wildman–Crippen MR) is 79.2 cm³/mol. The summed E-state index contributed by atoms with van der Waals surface area (Å²) in [6.07, 6.45) is 5.82. The number of esters is 1. The summed E-state index contributed by atoms with van der Waals surface area (Å²) in [6.45, 7) is 4.38. The van der Waals surface area contributed by atoms with Crippen LogP contribution in [0.25, 0.3) is 0 Å². The average Bonchev–Trinajstić information content (AvgIpc) is 2.42. The Labute approximate surface area is 116 Å². The van der Waals surface area contributed by atoms with E-state index in [2.05, 4.69) is 12.2 Å². The van der Waals surface area contributed by atoms with Crippen molar-refractivity contribution in [2.24, 2.45) is 0 Å². The minimum atomic E-state index is -0.188. The average molecular weight is 263 g/mol. The molecule has 106 valence electrons. The standard InChI is InChI=1S/C16H25NO2/c1-3-4-5-7-10-14(2)19-16(18)13-17-15-11-8-6-9-12-15/h6,8-9,11-12,14,17H,3-5,7,10,13H2,1-2H3. The zero-order chi connectivity index (χ0) is 13.9. The zero-order valence-corrected chi connectivity index (χ0v) is 12.0. The number of para-hydroxylation sites is 1. The highest BCUT2D eigenvalue weighted by atomic mass is 16.5. The van der Waals surface area contributed by atoms with Gasteiger partial charge >= 0.3 is 5.97 Å². The minimum absolute atomic E-state index is 0.0157. The van der Waals surface area contributed by atoms with Crippen LogP contribution in [0.15, 0.2) is 30.3 Å². The van der Waals surface area contributed by atoms with Crippen LogP contribution in [0.2, 0.25) is 0 Å². The third-order valence-electron chi connectivity index (χ3n) is 3.01. The molecule has 19 heavy (non-hydrogen) atoms. The lowest BCUT2D eigenvalue weighted by atomic mass is 10.1. The maximum atomic E-state index is 11.6. The van der Waals surface area contributed by atoms with Crippen LogP contribution < -0.4 is 5.32 Å². The summed E-state index contributed by atoms with van der Waals surface area (Å²) in [4.78, 5) is 11.6. The smallest absolute Gasteiger partial charge is 0.325 e. The van der Waals surface area contributed by atoms with E-state index in [-0.39, 0.29) is 18.6 Å². The van der Waals surface area contributed by atoms with Crippen LogP contribution in [-0.4, -0.2) is 18.6 Å². The lowest BCUT2D eigenvalue weighted by Crippen LogP contribution is -2.21. The molecule has 0 aliphatic rings. The number of hydrogen-bond acceptors (Lipinski definition) is 3. The van der Waals surface area contributed by atoms with Gasteiger partial charge in [-0.3, -0.25) is 4.79 Å². The Morgan fingerprint density at radius 1 is 1.21 bits per heavy atom. The Balaban J connectivity index is 2.13. The van der Waals surface area contributed by atoms with Gasteiger partial charge in [0.25, 0.3) is 0 Å². The number of benzene rings is 1. The molecule has 1 atom stereocenters. The highest BCUT2D eigenvalue weighted by molar-refractivity contribution is 5.75. The van der Waals surface area contributed by atoms with Crippen molar-refractivity contribution in [3.8, 4) is 0 Å². The molecular weight excluding hydrogens is 238 g/mol. The zero-order valence-electron chi connectivity index (χ0n) is 12.0. The normalized spacial score (nSPS) is 11.9. The van der Waals surface area contributed by atoms with E-state index < -0.39 is 0 Å². The van der Waals surface area contributed by atoms with Gasteiger partial charge in [-0.05, 0) is 31.9 Å². The molecule has 1 N–H and O–H groups in total. The molecule has 1 aromatic carbocycles. The topological polar surface area (TPSA) is 38.3 Å². The third kappa shape index (κ3) is 7.50. The minimum Gasteiger partial charge on any atom is -0.461 e. The number of rotatable bonds is 9. The lowest BCUT2D eigenvalue weighted by Gasteiger charge is -2.13. The number of anilines is 1. The Hall–Kier alpha value is -1.51. The number of hydrogen-bond donors (Lipinski definition) is 1. The lowest BCUT2D eigenvalue weighted by molar-refractivity contribution is -0.146. The van der Waals surface area contributed by atoms with Crippen LogP contribution in [0.5, 0.6) is 0 Å². The number of carbonyl (C=O) groups is 1. The Morgan fingerprint density at radius 3 is 2.63 bits per heavy atom. The quantitative estimate of drug-likeness (QED) is 0.540. The number of carbonyl (C=O) groups excluding carboxylic acids is 1. The van der Waals surface area contributed by atoms with E-state index in [9.17, 15) is 4.79 Å². The first-order valence-electron chi connectivity index (χ1n) is 7.20. The van der Waals surface area contributed by atoms with Gasteiger partial charge < -0.3 is 10.1 Å². The highest BCUT2D eigenvalue weighted by Crippen LogP contribution is 2.09. The van der Waals surface area contributed by atoms with Crippen LogP contribution in [0.3, 0.4) is 0 Å². The Morgan fingerprint density at radius 2 is 1.95 bits per heavy atom. The van der Waals surface area contributed by atoms with Crippen molar-refractivity contribution in [3.05, 3.63) is 30.3 Å². The molecular formula is C16H25NO2. The van der Waals surface area contributed by atoms with Gasteiger partial charge in [0, 0.05) is 5.69 Å². The van der Waals surface area contributed by atoms with Gasteiger partial charge in [-0.15, -0.1) is 0 Å². The maximum absolute atomic E-state index is 11.6. The summed E-state index contributed by atoms with van der Waals surface area (Å²) in [5.74, 6) is -0.188. The second kappa shape index (κ2) is 9.42. The van der Waals surface area contributed by atoms with Crippen LogP contribution >= 0.6 is 0 Å². The molecule has 1 aromatic rings. The summed E-state index contributed by atoms with van der Waals surface area (Å²) >= 11 is 0. The van der Waals surface area contributed by atoms with Crippen LogP contribution in [0.1, 0.15) is 46.0 Å². The Kier molecular flexibility index (Phi) is 7.71. The predicted octanol–water partition coefficient (Wildman–Crippen LogP) is 4.00. The van der Waals surface area contributed by atoms with Crippen LogP contribution in [0.4, 0.5) is 5.69 Å². The van der Waals surface area contributed by atoms with Crippen molar-refractivity contribution >= 4 is 11.7 Å². The molecule has 1 unspecified atom stereocenters. The molecule has 0 saturated carbocycles. The Bertz CT molecular complexity index is 351. The van der Waals surface area contributed by atoms with Gasteiger partial charge in [-0.25, -0.2) is 0 Å². The SMILES string of the molecule is CCCCCCC(C)OC(=O)CNc1ccccc1. The van der Waals surface area contributed by atoms with Crippen molar-refractivity contribution in [1.82, 2.24) is 0 Å². The summed E-state index contributed by atoms with van der Waals surface area (Å²) < 4.78 is 5.35. The first kappa shape index (κ1) is 15.5. The molecule has 0 saturated heterocycles. The summed E-state index contributed by atoms with van der Waals surface area (Å²) in [5, 5.41) is 3.05.